The summed E-state index contributed by atoms with van der Waals surface area (Å²) in [5.74, 6) is 2.10. The minimum Gasteiger partial charge on any atom is -0.497 e. The van der Waals surface area contributed by atoms with Crippen LogP contribution in [0.5, 0.6) is 11.5 Å². The van der Waals surface area contributed by atoms with Crippen molar-refractivity contribution in [3.63, 3.8) is 0 Å². The van der Waals surface area contributed by atoms with Crippen LogP contribution in [0, 0.1) is 10.5 Å². The van der Waals surface area contributed by atoms with Crippen LogP contribution in [0.1, 0.15) is 11.4 Å². The predicted molar refractivity (Wildman–Crippen MR) is 113 cm³/mol. The van der Waals surface area contributed by atoms with Gasteiger partial charge < -0.3 is 14.2 Å². The number of fused-ring (bicyclic) bond motifs is 1. The molecule has 0 aliphatic rings. The van der Waals surface area contributed by atoms with E-state index in [1.54, 1.807) is 24.9 Å². The lowest BCUT2D eigenvalue weighted by molar-refractivity contribution is 0.146. The molecular formula is C20H21IN2O4. The van der Waals surface area contributed by atoms with E-state index in [9.17, 15) is 4.79 Å². The highest BCUT2D eigenvalue weighted by Gasteiger charge is 2.13. The Morgan fingerprint density at radius 2 is 1.81 bits per heavy atom. The monoisotopic (exact) mass is 480 g/mol. The van der Waals surface area contributed by atoms with Crippen molar-refractivity contribution in [1.82, 2.24) is 9.55 Å². The van der Waals surface area contributed by atoms with Gasteiger partial charge in [0, 0.05) is 10.7 Å². The third-order valence-electron chi connectivity index (χ3n) is 4.23. The number of benzene rings is 2. The zero-order valence-electron chi connectivity index (χ0n) is 15.5. The third kappa shape index (κ3) is 4.41. The van der Waals surface area contributed by atoms with E-state index in [4.69, 9.17) is 14.2 Å². The van der Waals surface area contributed by atoms with Crippen molar-refractivity contribution in [1.29, 1.82) is 0 Å². The molecule has 0 N–H and O–H groups in total. The lowest BCUT2D eigenvalue weighted by Gasteiger charge is -2.13. The molecule has 0 aliphatic heterocycles. The van der Waals surface area contributed by atoms with Crippen LogP contribution in [-0.2, 0) is 11.3 Å². The summed E-state index contributed by atoms with van der Waals surface area (Å²) in [5, 5.41) is 0.549. The lowest BCUT2D eigenvalue weighted by atomic mass is 10.2. The Morgan fingerprint density at radius 3 is 2.48 bits per heavy atom. The zero-order chi connectivity index (χ0) is 19.4. The molecule has 0 amide bonds. The van der Waals surface area contributed by atoms with E-state index in [0.29, 0.717) is 42.2 Å². The van der Waals surface area contributed by atoms with Crippen molar-refractivity contribution in [3.8, 4) is 11.5 Å². The summed E-state index contributed by atoms with van der Waals surface area (Å²) in [6.07, 6.45) is 0. The number of hydrogen-bond acceptors (Lipinski definition) is 5. The number of hydrogen-bond donors (Lipinski definition) is 0. The Bertz CT molecular complexity index is 1000. The first-order chi connectivity index (χ1) is 13.0. The molecule has 0 bridgehead atoms. The maximum absolute atomic E-state index is 13.1. The molecule has 7 heteroatoms. The largest absolute Gasteiger partial charge is 0.497 e. The first-order valence-electron chi connectivity index (χ1n) is 8.49. The van der Waals surface area contributed by atoms with Gasteiger partial charge in [0.1, 0.15) is 23.9 Å². The molecular weight excluding hydrogens is 459 g/mol. The van der Waals surface area contributed by atoms with E-state index in [1.165, 1.54) is 0 Å². The highest BCUT2D eigenvalue weighted by Crippen LogP contribution is 2.24. The smallest absolute Gasteiger partial charge is 0.261 e. The summed E-state index contributed by atoms with van der Waals surface area (Å²) in [4.78, 5) is 17.8. The predicted octanol–water partition coefficient (Wildman–Crippen LogP) is 3.39. The second-order valence-electron chi connectivity index (χ2n) is 6.04. The number of halogens is 1. The molecule has 27 heavy (non-hydrogen) atoms. The van der Waals surface area contributed by atoms with Crippen molar-refractivity contribution in [2.45, 2.75) is 13.5 Å². The molecule has 0 saturated carbocycles. The number of aromatic nitrogens is 2. The second-order valence-corrected chi connectivity index (χ2v) is 7.20. The summed E-state index contributed by atoms with van der Waals surface area (Å²) < 4.78 is 18.4. The van der Waals surface area contributed by atoms with Gasteiger partial charge in [-0.25, -0.2) is 4.98 Å². The molecule has 2 aromatic carbocycles. The number of rotatable bonds is 7. The third-order valence-corrected chi connectivity index (χ3v) is 5.05. The van der Waals surface area contributed by atoms with E-state index >= 15 is 0 Å². The Balaban J connectivity index is 2.00. The van der Waals surface area contributed by atoms with Gasteiger partial charge in [-0.2, -0.15) is 0 Å². The maximum atomic E-state index is 13.1. The van der Waals surface area contributed by atoms with E-state index in [2.05, 4.69) is 27.6 Å². The molecule has 6 nitrogen and oxygen atoms in total. The SMILES string of the molecule is COCCOc1cc(I)c2nc(C)n(Cc3ccc(OC)cc3)c(=O)c2c1. The van der Waals surface area contributed by atoms with Crippen molar-refractivity contribution in [2.24, 2.45) is 0 Å². The zero-order valence-corrected chi connectivity index (χ0v) is 17.6. The highest BCUT2D eigenvalue weighted by atomic mass is 127. The Hall–Kier alpha value is -2.13. The summed E-state index contributed by atoms with van der Waals surface area (Å²) in [6.45, 7) is 3.21. The lowest BCUT2D eigenvalue weighted by Crippen LogP contribution is -2.25. The summed E-state index contributed by atoms with van der Waals surface area (Å²) in [5.41, 5.74) is 1.62. The standard InChI is InChI=1S/C20H21IN2O4/c1-13-22-19-17(10-16(11-18(19)21)27-9-8-25-2)20(24)23(13)12-14-4-6-15(26-3)7-5-14/h4-7,10-11H,8-9,12H2,1-3H3. The molecule has 142 valence electrons. The van der Waals surface area contributed by atoms with Gasteiger partial charge in [0.05, 0.1) is 31.2 Å². The van der Waals surface area contributed by atoms with Gasteiger partial charge in [-0.3, -0.25) is 9.36 Å². The molecule has 0 spiro atoms. The van der Waals surface area contributed by atoms with Crippen LogP contribution in [-0.4, -0.2) is 37.0 Å². The van der Waals surface area contributed by atoms with Crippen LogP contribution in [0.2, 0.25) is 0 Å². The Kier molecular flexibility index (Phi) is 6.33. The van der Waals surface area contributed by atoms with Crippen molar-refractivity contribution < 1.29 is 14.2 Å². The van der Waals surface area contributed by atoms with Crippen molar-refractivity contribution in [3.05, 3.63) is 61.7 Å². The van der Waals surface area contributed by atoms with E-state index in [-0.39, 0.29) is 5.56 Å². The molecule has 0 atom stereocenters. The molecule has 1 heterocycles. The summed E-state index contributed by atoms with van der Waals surface area (Å²) in [6, 6.07) is 11.3. The maximum Gasteiger partial charge on any atom is 0.261 e. The van der Waals surface area contributed by atoms with Gasteiger partial charge in [-0.1, -0.05) is 12.1 Å². The Labute approximate surface area is 171 Å². The van der Waals surface area contributed by atoms with Crippen LogP contribution in [0.4, 0.5) is 0 Å². The fraction of sp³-hybridized carbons (Fsp3) is 0.300. The second kappa shape index (κ2) is 8.71. The van der Waals surface area contributed by atoms with Crippen molar-refractivity contribution >= 4 is 33.5 Å². The topological polar surface area (TPSA) is 62.6 Å². The van der Waals surface area contributed by atoms with Crippen LogP contribution in [0.25, 0.3) is 10.9 Å². The molecule has 3 rings (SSSR count). The molecule has 0 aliphatic carbocycles. The van der Waals surface area contributed by atoms with Crippen LogP contribution in [0.3, 0.4) is 0 Å². The summed E-state index contributed by atoms with van der Waals surface area (Å²) in [7, 11) is 3.25. The Morgan fingerprint density at radius 1 is 1.07 bits per heavy atom. The first kappa shape index (κ1) is 19.6. The van der Waals surface area contributed by atoms with Crippen LogP contribution >= 0.6 is 22.6 Å². The number of nitrogens with zero attached hydrogens (tertiary/aromatic N) is 2. The van der Waals surface area contributed by atoms with E-state index in [1.807, 2.05) is 37.3 Å². The number of aryl methyl sites for hydroxylation is 1. The minimum absolute atomic E-state index is 0.0802. The summed E-state index contributed by atoms with van der Waals surface area (Å²) >= 11 is 2.19. The fourth-order valence-electron chi connectivity index (χ4n) is 2.79. The average molecular weight is 480 g/mol. The van der Waals surface area contributed by atoms with Gasteiger partial charge in [-0.05, 0) is 59.3 Å². The van der Waals surface area contributed by atoms with E-state index in [0.717, 1.165) is 14.9 Å². The number of methoxy groups -OCH3 is 2. The van der Waals surface area contributed by atoms with E-state index < -0.39 is 0 Å². The minimum atomic E-state index is -0.0802. The van der Waals surface area contributed by atoms with Crippen molar-refractivity contribution in [2.75, 3.05) is 27.4 Å². The molecule has 3 aromatic rings. The molecule has 0 saturated heterocycles. The van der Waals surface area contributed by atoms with Gasteiger partial charge >= 0.3 is 0 Å². The van der Waals surface area contributed by atoms with Gasteiger partial charge in [-0.15, -0.1) is 0 Å². The molecule has 0 fully saturated rings. The van der Waals surface area contributed by atoms with Gasteiger partial charge in [0.25, 0.3) is 5.56 Å². The highest BCUT2D eigenvalue weighted by molar-refractivity contribution is 14.1. The fourth-order valence-corrected chi connectivity index (χ4v) is 3.51. The van der Waals surface area contributed by atoms with Gasteiger partial charge in [0.2, 0.25) is 0 Å². The number of ether oxygens (including phenoxy) is 3. The van der Waals surface area contributed by atoms with Crippen LogP contribution < -0.4 is 15.0 Å². The first-order valence-corrected chi connectivity index (χ1v) is 9.56. The van der Waals surface area contributed by atoms with Crippen LogP contribution in [0.15, 0.2) is 41.2 Å². The molecule has 1 aromatic heterocycles. The molecule has 0 unspecified atom stereocenters. The quantitative estimate of drug-likeness (QED) is 0.384. The average Bonchev–Trinajstić information content (AvgIpc) is 2.67. The van der Waals surface area contributed by atoms with Gasteiger partial charge in [0.15, 0.2) is 0 Å². The molecule has 0 radical (unpaired) electrons. The normalized spacial score (nSPS) is 11.0.